The standard InChI is InChI=1S/C84H60BN3Si2/c1-8-30-61(31-9-1)62-32-28-33-63(56-62)87-81-60-73(90(69-41-16-5-17-42-69,70-43-18-6-19-44-70)71-45-20-7-21-46-71)54-55-77(81)85-76-50-24-27-53-80(76)86(82-58-65(59-83(87)84(82)85)88-78-51-25-22-48-74(78)75-49-23-26-52-79(75)88)64-34-29-47-72(57-64)89(66-35-10-2-11-36-66,67-37-12-3-13-38-67)68-39-14-4-15-40-68/h1-60H. The van der Waals surface area contributed by atoms with E-state index in [4.69, 9.17) is 0 Å². The molecule has 0 atom stereocenters. The van der Waals surface area contributed by atoms with E-state index in [9.17, 15) is 0 Å². The van der Waals surface area contributed by atoms with Gasteiger partial charge in [0.2, 0.25) is 0 Å². The Labute approximate surface area is 528 Å². The third-order valence-corrected chi connectivity index (χ3v) is 28.8. The summed E-state index contributed by atoms with van der Waals surface area (Å²) in [6.45, 7) is -0.136. The first kappa shape index (κ1) is 53.2. The van der Waals surface area contributed by atoms with Crippen LogP contribution >= 0.6 is 0 Å². The Morgan fingerprint density at radius 1 is 0.222 bits per heavy atom. The van der Waals surface area contributed by atoms with E-state index in [1.54, 1.807) is 0 Å². The van der Waals surface area contributed by atoms with Gasteiger partial charge in [-0.1, -0.05) is 303 Å². The fourth-order valence-electron chi connectivity index (χ4n) is 15.5. The molecule has 0 saturated heterocycles. The maximum absolute atomic E-state index is 3.05. The molecule has 0 unspecified atom stereocenters. The van der Waals surface area contributed by atoms with Gasteiger partial charge in [0.05, 0.1) is 16.7 Å². The molecule has 90 heavy (non-hydrogen) atoms. The van der Waals surface area contributed by atoms with Gasteiger partial charge in [0, 0.05) is 44.9 Å². The van der Waals surface area contributed by atoms with Crippen molar-refractivity contribution >= 4 is 137 Å². The fourth-order valence-corrected chi connectivity index (χ4v) is 25.1. The van der Waals surface area contributed by atoms with Gasteiger partial charge in [0.15, 0.2) is 16.1 Å². The van der Waals surface area contributed by atoms with E-state index in [0.29, 0.717) is 0 Å². The van der Waals surface area contributed by atoms with Crippen molar-refractivity contribution < 1.29 is 0 Å². The number of anilines is 6. The van der Waals surface area contributed by atoms with Gasteiger partial charge in [-0.25, -0.2) is 0 Å². The van der Waals surface area contributed by atoms with E-state index < -0.39 is 16.1 Å². The normalized spacial score (nSPS) is 12.6. The summed E-state index contributed by atoms with van der Waals surface area (Å²) < 4.78 is 2.52. The molecular formula is C84H60BN3Si2. The van der Waals surface area contributed by atoms with Gasteiger partial charge in [-0.15, -0.1) is 0 Å². The van der Waals surface area contributed by atoms with Gasteiger partial charge < -0.3 is 14.4 Å². The maximum atomic E-state index is 2.64. The summed E-state index contributed by atoms with van der Waals surface area (Å²) in [4.78, 5) is 5.25. The van der Waals surface area contributed by atoms with Crippen LogP contribution in [0.3, 0.4) is 0 Å². The first-order chi connectivity index (χ1) is 44.7. The maximum Gasteiger partial charge on any atom is 0.252 e. The lowest BCUT2D eigenvalue weighted by Crippen LogP contribution is -2.75. The molecule has 3 heterocycles. The Morgan fingerprint density at radius 3 is 1.09 bits per heavy atom. The molecule has 2 aliphatic heterocycles. The minimum Gasteiger partial charge on any atom is -0.311 e. The third kappa shape index (κ3) is 8.33. The van der Waals surface area contributed by atoms with Gasteiger partial charge in [-0.05, 0) is 130 Å². The Bertz CT molecular complexity index is 4900. The van der Waals surface area contributed by atoms with E-state index in [1.807, 2.05) is 0 Å². The molecule has 0 amide bonds. The van der Waals surface area contributed by atoms with Crippen molar-refractivity contribution in [2.75, 3.05) is 9.80 Å². The Morgan fingerprint density at radius 2 is 0.589 bits per heavy atom. The monoisotopic (exact) mass is 1180 g/mol. The minimum atomic E-state index is -3.05. The predicted molar refractivity (Wildman–Crippen MR) is 387 cm³/mol. The lowest BCUT2D eigenvalue weighted by atomic mass is 9.33. The average molecular weight is 1180 g/mol. The number of nitrogens with zero attached hydrogens (tertiary/aromatic N) is 3. The van der Waals surface area contributed by atoms with Crippen molar-refractivity contribution in [3.05, 3.63) is 364 Å². The molecule has 422 valence electrons. The van der Waals surface area contributed by atoms with Crippen molar-refractivity contribution in [3.8, 4) is 16.8 Å². The molecular weight excluding hydrogens is 1120 g/mol. The van der Waals surface area contributed by atoms with Gasteiger partial charge in [-0.2, -0.15) is 0 Å². The fraction of sp³-hybridized carbons (Fsp3) is 0. The van der Waals surface area contributed by atoms with E-state index in [0.717, 1.165) is 45.0 Å². The molecule has 6 heteroatoms. The van der Waals surface area contributed by atoms with Gasteiger partial charge in [0.25, 0.3) is 6.71 Å². The number of rotatable bonds is 12. The largest absolute Gasteiger partial charge is 0.311 e. The highest BCUT2D eigenvalue weighted by Gasteiger charge is 2.48. The SMILES string of the molecule is c1ccc(-c2cccc(N3c4cc([Si](c5ccccc5)(c5ccccc5)c5ccccc5)ccc4B4c5ccccc5N(c5cccc([Si](c6ccccc6)(c6ccccc6)c6ccccc6)c5)c5cc(-n6c7ccccc7c7ccccc76)cc3c54)c2)cc1. The molecule has 0 spiro atoms. The number of fused-ring (bicyclic) bond motifs is 7. The molecule has 0 N–H and O–H groups in total. The van der Waals surface area contributed by atoms with Crippen LogP contribution in [0, 0.1) is 0 Å². The second-order valence-corrected chi connectivity index (χ2v) is 31.5. The first-order valence-corrected chi connectivity index (χ1v) is 35.3. The second-order valence-electron chi connectivity index (χ2n) is 23.9. The molecule has 0 saturated carbocycles. The van der Waals surface area contributed by atoms with Crippen molar-refractivity contribution in [1.82, 2.24) is 4.57 Å². The van der Waals surface area contributed by atoms with Crippen LogP contribution in [0.15, 0.2) is 364 Å². The molecule has 2 aliphatic rings. The third-order valence-electron chi connectivity index (χ3n) is 19.2. The first-order valence-electron chi connectivity index (χ1n) is 31.3. The Hall–Kier alpha value is -11.0. The summed E-state index contributed by atoms with van der Waals surface area (Å²) >= 11 is 0. The smallest absolute Gasteiger partial charge is 0.252 e. The molecule has 0 radical (unpaired) electrons. The van der Waals surface area contributed by atoms with Crippen LogP contribution in [0.4, 0.5) is 34.1 Å². The topological polar surface area (TPSA) is 11.4 Å². The zero-order valence-electron chi connectivity index (χ0n) is 49.6. The van der Waals surface area contributed by atoms with E-state index in [2.05, 4.69) is 378 Å². The minimum absolute atomic E-state index is 0.136. The molecule has 0 bridgehead atoms. The summed E-state index contributed by atoms with van der Waals surface area (Å²) in [7, 11) is -6.03. The molecule has 15 aromatic rings. The van der Waals surface area contributed by atoms with Crippen molar-refractivity contribution in [2.24, 2.45) is 0 Å². The Balaban J connectivity index is 0.996. The number of aromatic nitrogens is 1. The van der Waals surface area contributed by atoms with Crippen LogP contribution in [-0.2, 0) is 0 Å². The van der Waals surface area contributed by atoms with Crippen molar-refractivity contribution in [2.45, 2.75) is 0 Å². The number of benzene rings is 14. The lowest BCUT2D eigenvalue weighted by molar-refractivity contribution is 1.16. The summed E-state index contributed by atoms with van der Waals surface area (Å²) in [6, 6.07) is 138. The summed E-state index contributed by atoms with van der Waals surface area (Å²) in [5.74, 6) is 0. The summed E-state index contributed by atoms with van der Waals surface area (Å²) in [5, 5.41) is 13.1. The van der Waals surface area contributed by atoms with Crippen LogP contribution in [0.25, 0.3) is 38.6 Å². The average Bonchev–Trinajstić information content (AvgIpc) is 0.773. The van der Waals surface area contributed by atoms with Gasteiger partial charge in [0.1, 0.15) is 0 Å². The molecule has 0 fully saturated rings. The molecule has 3 nitrogen and oxygen atoms in total. The zero-order chi connectivity index (χ0) is 59.6. The predicted octanol–water partition coefficient (Wildman–Crippen LogP) is 13.3. The number of para-hydroxylation sites is 3. The molecule has 1 aromatic heterocycles. The van der Waals surface area contributed by atoms with E-state index in [1.165, 1.54) is 85.6 Å². The van der Waals surface area contributed by atoms with Gasteiger partial charge >= 0.3 is 0 Å². The molecule has 17 rings (SSSR count). The number of hydrogen-bond acceptors (Lipinski definition) is 2. The Kier molecular flexibility index (Phi) is 13.0. The van der Waals surface area contributed by atoms with Crippen LogP contribution in [0.5, 0.6) is 0 Å². The molecule has 14 aromatic carbocycles. The van der Waals surface area contributed by atoms with Crippen LogP contribution in [0.2, 0.25) is 0 Å². The van der Waals surface area contributed by atoms with Crippen LogP contribution < -0.4 is 67.7 Å². The van der Waals surface area contributed by atoms with E-state index >= 15 is 0 Å². The second kappa shape index (κ2) is 22.0. The van der Waals surface area contributed by atoms with E-state index in [-0.39, 0.29) is 6.71 Å². The van der Waals surface area contributed by atoms with Crippen molar-refractivity contribution in [3.63, 3.8) is 0 Å². The van der Waals surface area contributed by atoms with Crippen LogP contribution in [0.1, 0.15) is 0 Å². The lowest BCUT2D eigenvalue weighted by Gasteiger charge is -2.45. The van der Waals surface area contributed by atoms with Crippen LogP contribution in [-0.4, -0.2) is 27.4 Å². The van der Waals surface area contributed by atoms with Crippen molar-refractivity contribution in [1.29, 1.82) is 0 Å². The number of hydrogen-bond donors (Lipinski definition) is 0. The highest BCUT2D eigenvalue weighted by molar-refractivity contribution is 7.20. The molecule has 0 aliphatic carbocycles. The zero-order valence-corrected chi connectivity index (χ0v) is 51.6. The quantitative estimate of drug-likeness (QED) is 0.0892. The summed E-state index contributed by atoms with van der Waals surface area (Å²) in [5.41, 5.74) is 16.4. The highest BCUT2D eigenvalue weighted by Crippen LogP contribution is 2.47. The highest BCUT2D eigenvalue weighted by atomic mass is 28.3. The summed E-state index contributed by atoms with van der Waals surface area (Å²) in [6.07, 6.45) is 0. The van der Waals surface area contributed by atoms with Gasteiger partial charge in [-0.3, -0.25) is 0 Å².